The van der Waals surface area contributed by atoms with Gasteiger partial charge in [-0.25, -0.2) is 0 Å². The molecule has 3 fully saturated rings. The predicted molar refractivity (Wildman–Crippen MR) is 123 cm³/mol. The monoisotopic (exact) mass is 509 g/mol. The zero-order chi connectivity index (χ0) is 22.2. The number of nitrogens with one attached hydrogen (secondary N) is 2. The number of aliphatic hydroxyl groups is 1. The molecule has 0 aliphatic carbocycles. The van der Waals surface area contributed by atoms with Gasteiger partial charge in [0.05, 0.1) is 23.2 Å². The summed E-state index contributed by atoms with van der Waals surface area (Å²) in [6, 6.07) is 8.91. The molecular weight excluding hydrogens is 482 g/mol. The third-order valence-corrected chi connectivity index (χ3v) is 9.76. The molecule has 3 aliphatic heterocycles. The van der Waals surface area contributed by atoms with Crippen LogP contribution in [0.15, 0.2) is 30.3 Å². The number of rotatable bonds is 8. The van der Waals surface area contributed by atoms with Crippen molar-refractivity contribution in [2.24, 2.45) is 11.8 Å². The summed E-state index contributed by atoms with van der Waals surface area (Å²) in [5, 5.41) is 15.5. The van der Waals surface area contributed by atoms with Crippen LogP contribution in [-0.2, 0) is 20.9 Å². The van der Waals surface area contributed by atoms with Crippen LogP contribution in [0.5, 0.6) is 0 Å². The minimum Gasteiger partial charge on any atom is -0.395 e. The highest BCUT2D eigenvalue weighted by Crippen LogP contribution is 2.67. The van der Waals surface area contributed by atoms with Gasteiger partial charge < -0.3 is 20.6 Å². The fourth-order valence-electron chi connectivity index (χ4n) is 5.33. The largest absolute Gasteiger partial charge is 0.395 e. The minimum absolute atomic E-state index is 0.0495. The molecule has 2 bridgehead atoms. The molecule has 1 aromatic carbocycles. The fraction of sp³-hybridized carbons (Fsp3) is 0.591. The van der Waals surface area contributed by atoms with E-state index in [9.17, 15) is 19.5 Å². The van der Waals surface area contributed by atoms with Gasteiger partial charge in [-0.3, -0.25) is 14.4 Å². The van der Waals surface area contributed by atoms with Gasteiger partial charge in [-0.15, -0.1) is 11.8 Å². The quantitative estimate of drug-likeness (QED) is 0.458. The second-order valence-electron chi connectivity index (χ2n) is 8.41. The molecule has 3 aliphatic rings. The van der Waals surface area contributed by atoms with Crippen molar-refractivity contribution in [3.05, 3.63) is 35.9 Å². The van der Waals surface area contributed by atoms with E-state index in [0.29, 0.717) is 19.5 Å². The molecule has 6 atom stereocenters. The van der Waals surface area contributed by atoms with Crippen LogP contribution >= 0.6 is 27.7 Å². The molecule has 4 rings (SSSR count). The number of likely N-dealkylation sites (tertiary alicyclic amines) is 1. The van der Waals surface area contributed by atoms with Crippen molar-refractivity contribution in [2.75, 3.05) is 19.7 Å². The minimum atomic E-state index is -0.708. The van der Waals surface area contributed by atoms with Crippen molar-refractivity contribution in [1.29, 1.82) is 0 Å². The van der Waals surface area contributed by atoms with E-state index in [1.54, 1.807) is 11.8 Å². The topological polar surface area (TPSA) is 98.7 Å². The van der Waals surface area contributed by atoms with E-state index < -0.39 is 22.6 Å². The Bertz CT molecular complexity index is 856. The third-order valence-electron chi connectivity index (χ3n) is 6.54. The van der Waals surface area contributed by atoms with Gasteiger partial charge in [0.2, 0.25) is 17.7 Å². The number of alkyl halides is 1. The average molecular weight is 510 g/mol. The highest BCUT2D eigenvalue weighted by molar-refractivity contribution is 9.09. The van der Waals surface area contributed by atoms with Crippen LogP contribution in [0.2, 0.25) is 0 Å². The maximum atomic E-state index is 13.5. The molecule has 3 unspecified atom stereocenters. The van der Waals surface area contributed by atoms with Gasteiger partial charge in [-0.05, 0) is 18.4 Å². The van der Waals surface area contributed by atoms with Gasteiger partial charge >= 0.3 is 0 Å². The molecule has 0 saturated carbocycles. The predicted octanol–water partition coefficient (Wildman–Crippen LogP) is 1.29. The van der Waals surface area contributed by atoms with Gasteiger partial charge in [-0.2, -0.15) is 0 Å². The Morgan fingerprint density at radius 1 is 1.26 bits per heavy atom. The molecule has 0 radical (unpaired) electrons. The third kappa shape index (κ3) is 3.78. The molecule has 9 heteroatoms. The van der Waals surface area contributed by atoms with Crippen LogP contribution in [0.25, 0.3) is 0 Å². The number of aliphatic hydroxyl groups excluding tert-OH is 1. The van der Waals surface area contributed by atoms with E-state index in [4.69, 9.17) is 0 Å². The summed E-state index contributed by atoms with van der Waals surface area (Å²) >= 11 is 5.33. The number of carbonyl (C=O) groups excluding carboxylic acids is 3. The number of hydrogen-bond acceptors (Lipinski definition) is 5. The zero-order valence-corrected chi connectivity index (χ0v) is 19.8. The Kier molecular flexibility index (Phi) is 6.65. The van der Waals surface area contributed by atoms with Gasteiger partial charge in [0, 0.05) is 29.7 Å². The lowest BCUT2D eigenvalue weighted by molar-refractivity contribution is -0.140. The maximum absolute atomic E-state index is 13.5. The van der Waals surface area contributed by atoms with Crippen LogP contribution < -0.4 is 10.6 Å². The highest BCUT2D eigenvalue weighted by atomic mass is 79.9. The van der Waals surface area contributed by atoms with Crippen LogP contribution in [-0.4, -0.2) is 68.3 Å². The van der Waals surface area contributed by atoms with E-state index >= 15 is 0 Å². The van der Waals surface area contributed by atoms with Gasteiger partial charge in [-0.1, -0.05) is 53.2 Å². The van der Waals surface area contributed by atoms with Crippen LogP contribution in [0.1, 0.15) is 25.3 Å². The van der Waals surface area contributed by atoms with Gasteiger partial charge in [0.25, 0.3) is 0 Å². The molecule has 168 valence electrons. The molecule has 3 amide bonds. The van der Waals surface area contributed by atoms with E-state index in [-0.39, 0.29) is 41.0 Å². The van der Waals surface area contributed by atoms with Gasteiger partial charge in [0.1, 0.15) is 6.04 Å². The average Bonchev–Trinajstić information content (AvgIpc) is 3.35. The van der Waals surface area contributed by atoms with Crippen molar-refractivity contribution < 1.29 is 19.5 Å². The Morgan fingerprint density at radius 2 is 2.00 bits per heavy atom. The fourth-order valence-corrected chi connectivity index (χ4v) is 8.94. The molecule has 7 nitrogen and oxygen atoms in total. The van der Waals surface area contributed by atoms with Crippen molar-refractivity contribution in [1.82, 2.24) is 15.5 Å². The van der Waals surface area contributed by atoms with Crippen LogP contribution in [0, 0.1) is 11.8 Å². The first-order valence-electron chi connectivity index (χ1n) is 10.8. The van der Waals surface area contributed by atoms with Crippen molar-refractivity contribution in [3.8, 4) is 0 Å². The lowest BCUT2D eigenvalue weighted by Crippen LogP contribution is -2.54. The normalized spacial score (nSPS) is 33.5. The summed E-state index contributed by atoms with van der Waals surface area (Å²) in [6.07, 6.45) is 1.46. The summed E-state index contributed by atoms with van der Waals surface area (Å²) in [6.45, 7) is 2.78. The number of carbonyl (C=O) groups is 3. The van der Waals surface area contributed by atoms with Gasteiger partial charge in [0.15, 0.2) is 0 Å². The second kappa shape index (κ2) is 9.11. The first-order chi connectivity index (χ1) is 14.9. The molecule has 0 aromatic heterocycles. The number of halogens is 1. The van der Waals surface area contributed by atoms with E-state index in [1.165, 1.54) is 4.90 Å². The lowest BCUT2D eigenvalue weighted by Gasteiger charge is -2.35. The van der Waals surface area contributed by atoms with Crippen LogP contribution in [0.4, 0.5) is 0 Å². The molecule has 1 aromatic rings. The van der Waals surface area contributed by atoms with E-state index in [2.05, 4.69) is 26.6 Å². The number of thioether (sulfide) groups is 1. The summed E-state index contributed by atoms with van der Waals surface area (Å²) in [5.74, 6) is -1.56. The number of benzene rings is 1. The Balaban J connectivity index is 1.62. The summed E-state index contributed by atoms with van der Waals surface area (Å²) in [7, 11) is 0. The lowest BCUT2D eigenvalue weighted by atomic mass is 9.70. The van der Waals surface area contributed by atoms with Crippen molar-refractivity contribution in [3.63, 3.8) is 0 Å². The maximum Gasteiger partial charge on any atom is 0.244 e. The molecular formula is C22H28BrN3O4S. The Morgan fingerprint density at radius 3 is 2.68 bits per heavy atom. The molecule has 3 N–H and O–H groups in total. The second-order valence-corrected chi connectivity index (χ2v) is 11.1. The summed E-state index contributed by atoms with van der Waals surface area (Å²) < 4.78 is -0.667. The molecule has 31 heavy (non-hydrogen) atoms. The Labute approximate surface area is 194 Å². The van der Waals surface area contributed by atoms with Crippen LogP contribution in [0.3, 0.4) is 0 Å². The molecule has 1 spiro atoms. The first-order valence-corrected chi connectivity index (χ1v) is 12.6. The smallest absolute Gasteiger partial charge is 0.244 e. The number of amides is 3. The summed E-state index contributed by atoms with van der Waals surface area (Å²) in [4.78, 5) is 41.4. The first kappa shape index (κ1) is 22.6. The number of fused-ring (bicyclic) bond motifs is 1. The zero-order valence-electron chi connectivity index (χ0n) is 17.4. The number of hydrogen-bond donors (Lipinski definition) is 3. The summed E-state index contributed by atoms with van der Waals surface area (Å²) in [5.41, 5.74) is 0.974. The molecule has 3 saturated heterocycles. The van der Waals surface area contributed by atoms with E-state index in [1.807, 2.05) is 37.3 Å². The Hall–Kier alpha value is -1.58. The van der Waals surface area contributed by atoms with Crippen molar-refractivity contribution in [2.45, 2.75) is 47.2 Å². The number of nitrogens with zero attached hydrogens (tertiary/aromatic N) is 1. The highest BCUT2D eigenvalue weighted by Gasteiger charge is 2.75. The van der Waals surface area contributed by atoms with Crippen molar-refractivity contribution >= 4 is 45.4 Å². The van der Waals surface area contributed by atoms with E-state index in [0.717, 1.165) is 12.0 Å². The molecule has 3 heterocycles. The SMILES string of the molecule is CCCNC(=O)[C@H]1[C@@H]2SC3(CC2Br)C(C(=O)NCc2ccccc2)N(CCO)C(=O)[C@H]13. The standard InChI is InChI=1S/C22H28BrN3O4S/c1-2-8-24-19(28)15-16-21(30)26(9-10-27)18(22(16)11-14(23)17(15)31-22)20(29)25-12-13-6-4-3-5-7-13/h3-7,14-18,27H,2,8-12H2,1H3,(H,24,28)(H,25,29)/t14?,15-,16+,17-,18?,22?/m1/s1. The number of β-amino-alcohol motifs (C(OH)–C–C–N with tert-alkyl or cyclic N) is 1.